The summed E-state index contributed by atoms with van der Waals surface area (Å²) in [7, 11) is -1.95. The van der Waals surface area contributed by atoms with Crippen molar-refractivity contribution >= 4 is 14.2 Å². The van der Waals surface area contributed by atoms with E-state index in [1.54, 1.807) is 0 Å². The Labute approximate surface area is 142 Å². The van der Waals surface area contributed by atoms with Gasteiger partial charge in [0, 0.05) is 13.8 Å². The van der Waals surface area contributed by atoms with Crippen LogP contribution >= 0.6 is 0 Å². The molecule has 2 fully saturated rings. The lowest BCUT2D eigenvalue weighted by Crippen LogP contribution is -2.51. The van der Waals surface area contributed by atoms with E-state index in [2.05, 4.69) is 46.0 Å². The highest BCUT2D eigenvalue weighted by Gasteiger charge is 2.53. The second-order valence-electron chi connectivity index (χ2n) is 8.40. The molecular weight excluding hydrogens is 302 g/mol. The molecule has 1 aliphatic carbocycles. The first-order valence-corrected chi connectivity index (χ1v) is 11.5. The first kappa shape index (κ1) is 15.4. The van der Waals surface area contributed by atoms with Crippen LogP contribution in [0.5, 0.6) is 0 Å². The average molecular weight is 333 g/mol. The average Bonchev–Trinajstić information content (AvgIpc) is 2.97. The summed E-state index contributed by atoms with van der Waals surface area (Å²) in [4.78, 5) is 14.6. The molecule has 1 aromatic carbocycles. The van der Waals surface area contributed by atoms with Crippen LogP contribution in [0.15, 0.2) is 30.3 Å². The largest absolute Gasteiger partial charge is 0.412 e. The maximum Gasteiger partial charge on any atom is 0.226 e. The zero-order valence-electron chi connectivity index (χ0n) is 15.9. The molecule has 1 saturated carbocycles. The van der Waals surface area contributed by atoms with Crippen molar-refractivity contribution in [3.63, 3.8) is 0 Å². The van der Waals surface area contributed by atoms with Crippen molar-refractivity contribution in [1.29, 1.82) is 0 Å². The van der Waals surface area contributed by atoms with Gasteiger partial charge in [0.1, 0.15) is 0 Å². The van der Waals surface area contributed by atoms with Gasteiger partial charge in [-0.05, 0) is 36.5 Å². The van der Waals surface area contributed by atoms with Gasteiger partial charge in [-0.25, -0.2) is 0 Å². The van der Waals surface area contributed by atoms with Crippen molar-refractivity contribution in [2.24, 2.45) is 5.92 Å². The van der Waals surface area contributed by atoms with Crippen LogP contribution in [0.25, 0.3) is 0 Å². The van der Waals surface area contributed by atoms with Gasteiger partial charge >= 0.3 is 0 Å². The SMILES string of the molecule is [2H][C@@H]1[C@H](O[Si](C)(C)C(C)(C)C)[C@@H]2C[C@H]1C(=O)N2Cc1ccccc1. The standard InChI is InChI=1S/C19H29NO2Si/c1-19(2,3)23(4,5)22-17-12-15-11-16(17)20(18(15)21)13-14-9-7-6-8-10-14/h6-10,15-17H,11-13H2,1-5H3/t15-,16+,17+/m1/s1/i12D/t12-,15+,16-,17-/m0. The van der Waals surface area contributed by atoms with E-state index in [1.165, 1.54) is 0 Å². The van der Waals surface area contributed by atoms with Crippen molar-refractivity contribution < 1.29 is 10.6 Å². The molecule has 1 amide bonds. The van der Waals surface area contributed by atoms with Gasteiger partial charge in [-0.15, -0.1) is 0 Å². The van der Waals surface area contributed by atoms with E-state index >= 15 is 0 Å². The zero-order chi connectivity index (χ0) is 17.7. The van der Waals surface area contributed by atoms with Crippen molar-refractivity contribution in [1.82, 2.24) is 4.90 Å². The maximum atomic E-state index is 12.7. The Hall–Kier alpha value is -1.13. The van der Waals surface area contributed by atoms with Gasteiger partial charge in [0.2, 0.25) is 5.91 Å². The number of fused-ring (bicyclic) bond motifs is 2. The lowest BCUT2D eigenvalue weighted by molar-refractivity contribution is -0.137. The van der Waals surface area contributed by atoms with E-state index in [1.807, 2.05) is 23.1 Å². The molecule has 1 saturated heterocycles. The fourth-order valence-corrected chi connectivity index (χ4v) is 4.57. The van der Waals surface area contributed by atoms with Crippen LogP contribution in [0.2, 0.25) is 18.1 Å². The van der Waals surface area contributed by atoms with Crippen LogP contribution in [0.4, 0.5) is 0 Å². The van der Waals surface area contributed by atoms with Gasteiger partial charge in [-0.3, -0.25) is 4.79 Å². The second-order valence-corrected chi connectivity index (χ2v) is 13.2. The molecule has 2 bridgehead atoms. The molecule has 126 valence electrons. The molecule has 3 nitrogen and oxygen atoms in total. The van der Waals surface area contributed by atoms with Crippen molar-refractivity contribution in [3.8, 4) is 0 Å². The summed E-state index contributed by atoms with van der Waals surface area (Å²) in [5.41, 5.74) is 1.14. The monoisotopic (exact) mass is 332 g/mol. The summed E-state index contributed by atoms with van der Waals surface area (Å²) in [6.45, 7) is 11.8. The van der Waals surface area contributed by atoms with E-state index in [0.717, 1.165) is 12.0 Å². The fourth-order valence-electron chi connectivity index (χ4n) is 3.30. The predicted molar refractivity (Wildman–Crippen MR) is 95.6 cm³/mol. The quantitative estimate of drug-likeness (QED) is 0.774. The molecule has 2 aliphatic rings. The molecule has 23 heavy (non-hydrogen) atoms. The van der Waals surface area contributed by atoms with Crippen LogP contribution in [0, 0.1) is 5.92 Å². The summed E-state index contributed by atoms with van der Waals surface area (Å²) in [6, 6.07) is 10.2. The number of hydrogen-bond donors (Lipinski definition) is 0. The third-order valence-electron chi connectivity index (χ3n) is 5.73. The zero-order valence-corrected chi connectivity index (χ0v) is 15.9. The van der Waals surface area contributed by atoms with Gasteiger partial charge in [-0.1, -0.05) is 51.1 Å². The molecule has 4 heteroatoms. The molecule has 1 aliphatic heterocycles. The number of amides is 1. The Morgan fingerprint density at radius 3 is 2.52 bits per heavy atom. The summed E-state index contributed by atoms with van der Waals surface area (Å²) < 4.78 is 15.1. The van der Waals surface area contributed by atoms with Gasteiger partial charge < -0.3 is 9.33 Å². The summed E-state index contributed by atoms with van der Waals surface area (Å²) in [5, 5.41) is 0.114. The van der Waals surface area contributed by atoms with E-state index in [-0.39, 0.29) is 29.0 Å². The lowest BCUT2D eigenvalue weighted by Gasteiger charge is -2.42. The highest BCUT2D eigenvalue weighted by Crippen LogP contribution is 2.45. The molecule has 4 atom stereocenters. The number of rotatable bonds is 4. The summed E-state index contributed by atoms with van der Waals surface area (Å²) >= 11 is 0. The third-order valence-corrected chi connectivity index (χ3v) is 10.2. The minimum absolute atomic E-state index is 0.0549. The molecule has 0 aromatic heterocycles. The van der Waals surface area contributed by atoms with Gasteiger partial charge in [0.05, 0.1) is 12.1 Å². The third kappa shape index (κ3) is 3.11. The number of nitrogens with zero attached hydrogens (tertiary/aromatic N) is 1. The smallest absolute Gasteiger partial charge is 0.226 e. The normalized spacial score (nSPS) is 31.6. The number of carbonyl (C=O) groups excluding carboxylic acids is 1. The number of carbonyl (C=O) groups is 1. The molecule has 1 heterocycles. The Morgan fingerprint density at radius 2 is 1.96 bits per heavy atom. The highest BCUT2D eigenvalue weighted by atomic mass is 28.4. The first-order chi connectivity index (χ1) is 11.1. The second kappa shape index (κ2) is 5.74. The summed E-state index contributed by atoms with van der Waals surface area (Å²) in [6.07, 6.45) is 0.222. The van der Waals surface area contributed by atoms with Crippen LogP contribution in [-0.4, -0.2) is 31.3 Å². The Balaban J connectivity index is 1.79. The molecule has 0 spiro atoms. The lowest BCUT2D eigenvalue weighted by atomic mass is 10.1. The van der Waals surface area contributed by atoms with Crippen LogP contribution < -0.4 is 0 Å². The maximum absolute atomic E-state index is 12.7. The highest BCUT2D eigenvalue weighted by molar-refractivity contribution is 6.74. The van der Waals surface area contributed by atoms with E-state index in [9.17, 15) is 4.79 Å². The van der Waals surface area contributed by atoms with Crippen LogP contribution in [-0.2, 0) is 15.8 Å². The molecule has 3 rings (SSSR count). The molecule has 0 N–H and O–H groups in total. The fraction of sp³-hybridized carbons (Fsp3) is 0.632. The van der Waals surface area contributed by atoms with Gasteiger partial charge in [-0.2, -0.15) is 0 Å². The Bertz CT molecular complexity index is 614. The Kier molecular flexibility index (Phi) is 3.85. The van der Waals surface area contributed by atoms with E-state index < -0.39 is 14.7 Å². The topological polar surface area (TPSA) is 29.5 Å². The van der Waals surface area contributed by atoms with Crippen LogP contribution in [0.3, 0.4) is 0 Å². The van der Waals surface area contributed by atoms with E-state index in [4.69, 9.17) is 5.80 Å². The minimum Gasteiger partial charge on any atom is -0.412 e. The van der Waals surface area contributed by atoms with Crippen molar-refractivity contribution in [2.75, 3.05) is 0 Å². The van der Waals surface area contributed by atoms with Gasteiger partial charge in [0.25, 0.3) is 0 Å². The molecule has 1 aromatic rings. The van der Waals surface area contributed by atoms with E-state index in [0.29, 0.717) is 6.54 Å². The molecule has 0 unspecified atom stereocenters. The molecule has 0 radical (unpaired) electrons. The predicted octanol–water partition coefficient (Wildman–Crippen LogP) is 4.20. The minimum atomic E-state index is -1.95. The first-order valence-electron chi connectivity index (χ1n) is 9.14. The number of piperidine rings is 1. The number of benzene rings is 1. The number of likely N-dealkylation sites (tertiary alicyclic amines) is 1. The summed E-state index contributed by atoms with van der Waals surface area (Å²) in [5.74, 6) is -0.0487. The van der Waals surface area contributed by atoms with Gasteiger partial charge in [0.15, 0.2) is 8.32 Å². The van der Waals surface area contributed by atoms with Crippen LogP contribution in [0.1, 0.15) is 40.5 Å². The van der Waals surface area contributed by atoms with Crippen molar-refractivity contribution in [2.45, 2.75) is 70.4 Å². The Morgan fingerprint density at radius 1 is 1.30 bits per heavy atom. The van der Waals surface area contributed by atoms with Crippen molar-refractivity contribution in [3.05, 3.63) is 35.9 Å². The molecular formula is C19H29NO2Si. The number of hydrogen-bond acceptors (Lipinski definition) is 2.